The van der Waals surface area contributed by atoms with Crippen molar-refractivity contribution in [3.05, 3.63) is 71.4 Å². The van der Waals surface area contributed by atoms with Gasteiger partial charge in [-0.15, -0.1) is 0 Å². The van der Waals surface area contributed by atoms with Gasteiger partial charge in [-0.3, -0.25) is 4.79 Å². The second-order valence-electron chi connectivity index (χ2n) is 7.86. The van der Waals surface area contributed by atoms with Gasteiger partial charge < -0.3 is 15.0 Å². The highest BCUT2D eigenvalue weighted by Gasteiger charge is 2.15. The summed E-state index contributed by atoms with van der Waals surface area (Å²) in [6.45, 7) is 6.54. The highest BCUT2D eigenvalue weighted by Crippen LogP contribution is 2.22. The summed E-state index contributed by atoms with van der Waals surface area (Å²) in [5.41, 5.74) is 3.83. The van der Waals surface area contributed by atoms with Crippen molar-refractivity contribution in [2.24, 2.45) is 0 Å². The van der Waals surface area contributed by atoms with Crippen molar-refractivity contribution >= 4 is 22.8 Å². The molecule has 5 nitrogen and oxygen atoms in total. The van der Waals surface area contributed by atoms with Crippen LogP contribution in [-0.2, 0) is 21.4 Å². The Bertz CT molecular complexity index is 965. The molecule has 0 atom stereocenters. The Kier molecular flexibility index (Phi) is 5.83. The topological polar surface area (TPSA) is 71.2 Å². The summed E-state index contributed by atoms with van der Waals surface area (Å²) in [6.07, 6.45) is 2.66. The number of fused-ring (bicyclic) bond motifs is 1. The number of benzene rings is 2. The number of aromatic nitrogens is 1. The molecule has 0 unspecified atom stereocenters. The van der Waals surface area contributed by atoms with E-state index >= 15 is 0 Å². The quantitative estimate of drug-likeness (QED) is 0.637. The first-order valence-corrected chi connectivity index (χ1v) is 9.44. The van der Waals surface area contributed by atoms with Crippen molar-refractivity contribution in [3.63, 3.8) is 0 Å². The maximum atomic E-state index is 12.1. The minimum atomic E-state index is -0.493. The summed E-state index contributed by atoms with van der Waals surface area (Å²) in [4.78, 5) is 27.3. The fraction of sp³-hybridized carbons (Fsp3) is 0.304. The lowest BCUT2D eigenvalue weighted by Crippen LogP contribution is -2.30. The van der Waals surface area contributed by atoms with E-state index in [1.54, 1.807) is 12.1 Å². The molecule has 3 rings (SSSR count). The smallest absolute Gasteiger partial charge is 0.338 e. The molecule has 0 aliphatic heterocycles. The van der Waals surface area contributed by atoms with Crippen LogP contribution in [0.4, 0.5) is 0 Å². The molecular formula is C23H26N2O3. The van der Waals surface area contributed by atoms with E-state index in [0.717, 1.165) is 22.0 Å². The first-order chi connectivity index (χ1) is 13.3. The molecule has 5 heteroatoms. The van der Waals surface area contributed by atoms with Crippen LogP contribution in [0.3, 0.4) is 0 Å². The van der Waals surface area contributed by atoms with Gasteiger partial charge in [-0.25, -0.2) is 4.79 Å². The zero-order valence-electron chi connectivity index (χ0n) is 16.5. The summed E-state index contributed by atoms with van der Waals surface area (Å²) in [5, 5.41) is 3.95. The summed E-state index contributed by atoms with van der Waals surface area (Å²) in [6, 6.07) is 15.3. The molecular weight excluding hydrogens is 352 g/mol. The van der Waals surface area contributed by atoms with Crippen LogP contribution in [0.25, 0.3) is 10.9 Å². The molecule has 0 fully saturated rings. The van der Waals surface area contributed by atoms with Crippen molar-refractivity contribution in [2.75, 3.05) is 13.2 Å². The molecule has 0 saturated carbocycles. The minimum Gasteiger partial charge on any atom is -0.452 e. The van der Waals surface area contributed by atoms with Crippen molar-refractivity contribution in [2.45, 2.75) is 32.6 Å². The average molecular weight is 378 g/mol. The number of H-pyrrole nitrogens is 1. The molecule has 1 heterocycles. The van der Waals surface area contributed by atoms with Gasteiger partial charge in [-0.1, -0.05) is 51.1 Å². The molecule has 1 amide bonds. The highest BCUT2D eigenvalue weighted by atomic mass is 16.5. The third-order valence-electron chi connectivity index (χ3n) is 4.71. The summed E-state index contributed by atoms with van der Waals surface area (Å²) in [5.74, 6) is -0.799. The van der Waals surface area contributed by atoms with Crippen LogP contribution in [0.2, 0.25) is 0 Å². The molecule has 2 aromatic carbocycles. The van der Waals surface area contributed by atoms with E-state index in [2.05, 4.69) is 37.1 Å². The Balaban J connectivity index is 1.44. The van der Waals surface area contributed by atoms with Crippen molar-refractivity contribution in [1.82, 2.24) is 10.3 Å². The fourth-order valence-corrected chi connectivity index (χ4v) is 3.05. The SMILES string of the molecule is CC(C)(C)c1ccc(C(=O)OCC(=O)NCCc2c[nH]c3ccccc23)cc1. The third-order valence-corrected chi connectivity index (χ3v) is 4.71. The molecule has 0 aliphatic rings. The number of amides is 1. The van der Waals surface area contributed by atoms with Gasteiger partial charge in [0.1, 0.15) is 0 Å². The van der Waals surface area contributed by atoms with E-state index in [1.165, 1.54) is 0 Å². The van der Waals surface area contributed by atoms with Gasteiger partial charge in [0, 0.05) is 23.6 Å². The average Bonchev–Trinajstić information content (AvgIpc) is 3.09. The number of hydrogen-bond acceptors (Lipinski definition) is 3. The van der Waals surface area contributed by atoms with Crippen LogP contribution < -0.4 is 5.32 Å². The molecule has 2 N–H and O–H groups in total. The first kappa shape index (κ1) is 19.7. The predicted molar refractivity (Wildman–Crippen MR) is 110 cm³/mol. The number of carbonyl (C=O) groups excluding carboxylic acids is 2. The summed E-state index contributed by atoms with van der Waals surface area (Å²) < 4.78 is 5.12. The van der Waals surface area contributed by atoms with E-state index in [-0.39, 0.29) is 17.9 Å². The Hall–Kier alpha value is -3.08. The van der Waals surface area contributed by atoms with Gasteiger partial charge >= 0.3 is 5.97 Å². The molecule has 0 bridgehead atoms. The zero-order valence-corrected chi connectivity index (χ0v) is 16.5. The minimum absolute atomic E-state index is 0.0209. The molecule has 28 heavy (non-hydrogen) atoms. The maximum Gasteiger partial charge on any atom is 0.338 e. The second-order valence-corrected chi connectivity index (χ2v) is 7.86. The maximum absolute atomic E-state index is 12.1. The third kappa shape index (κ3) is 4.80. The first-order valence-electron chi connectivity index (χ1n) is 9.44. The van der Waals surface area contributed by atoms with Crippen LogP contribution in [0.15, 0.2) is 54.7 Å². The standard InChI is InChI=1S/C23H26N2O3/c1-23(2,3)18-10-8-16(9-11-18)22(27)28-15-21(26)24-13-12-17-14-25-20-7-5-4-6-19(17)20/h4-11,14,25H,12-13,15H2,1-3H3,(H,24,26). The Morgan fingerprint density at radius 2 is 1.75 bits per heavy atom. The molecule has 0 spiro atoms. The number of hydrogen-bond donors (Lipinski definition) is 2. The van der Waals surface area contributed by atoms with Gasteiger partial charge in [0.25, 0.3) is 5.91 Å². The number of para-hydroxylation sites is 1. The van der Waals surface area contributed by atoms with Gasteiger partial charge in [0.05, 0.1) is 5.56 Å². The number of aromatic amines is 1. The van der Waals surface area contributed by atoms with E-state index in [9.17, 15) is 9.59 Å². The molecule has 3 aromatic rings. The van der Waals surface area contributed by atoms with Crippen LogP contribution >= 0.6 is 0 Å². The lowest BCUT2D eigenvalue weighted by Gasteiger charge is -2.18. The number of carbonyl (C=O) groups is 2. The predicted octanol–water partition coefficient (Wildman–Crippen LogP) is 3.98. The van der Waals surface area contributed by atoms with Crippen LogP contribution in [0, 0.1) is 0 Å². The van der Waals surface area contributed by atoms with Crippen molar-refractivity contribution in [1.29, 1.82) is 0 Å². The molecule has 146 valence electrons. The number of nitrogens with one attached hydrogen (secondary N) is 2. The van der Waals surface area contributed by atoms with E-state index < -0.39 is 5.97 Å². The molecule has 0 radical (unpaired) electrons. The lowest BCUT2D eigenvalue weighted by molar-refractivity contribution is -0.124. The van der Waals surface area contributed by atoms with Crippen LogP contribution in [-0.4, -0.2) is 30.0 Å². The normalized spacial score (nSPS) is 11.4. The molecule has 1 aromatic heterocycles. The van der Waals surface area contributed by atoms with Crippen molar-refractivity contribution in [3.8, 4) is 0 Å². The van der Waals surface area contributed by atoms with E-state index in [1.807, 2.05) is 36.5 Å². The number of rotatable bonds is 6. The van der Waals surface area contributed by atoms with Crippen molar-refractivity contribution < 1.29 is 14.3 Å². The van der Waals surface area contributed by atoms with E-state index in [0.29, 0.717) is 18.5 Å². The Morgan fingerprint density at radius 1 is 1.04 bits per heavy atom. The number of ether oxygens (including phenoxy) is 1. The van der Waals surface area contributed by atoms with Gasteiger partial charge in [-0.05, 0) is 41.2 Å². The fourth-order valence-electron chi connectivity index (χ4n) is 3.05. The van der Waals surface area contributed by atoms with Gasteiger partial charge in [-0.2, -0.15) is 0 Å². The Morgan fingerprint density at radius 3 is 2.46 bits per heavy atom. The van der Waals surface area contributed by atoms with Crippen LogP contribution in [0.5, 0.6) is 0 Å². The summed E-state index contributed by atoms with van der Waals surface area (Å²) >= 11 is 0. The summed E-state index contributed by atoms with van der Waals surface area (Å²) in [7, 11) is 0. The highest BCUT2D eigenvalue weighted by molar-refractivity contribution is 5.91. The van der Waals surface area contributed by atoms with Crippen LogP contribution in [0.1, 0.15) is 42.3 Å². The zero-order chi connectivity index (χ0) is 20.1. The largest absolute Gasteiger partial charge is 0.452 e. The second kappa shape index (κ2) is 8.30. The molecule has 0 aliphatic carbocycles. The Labute approximate surface area is 165 Å². The lowest BCUT2D eigenvalue weighted by atomic mass is 9.87. The monoisotopic (exact) mass is 378 g/mol. The van der Waals surface area contributed by atoms with Gasteiger partial charge in [0.15, 0.2) is 6.61 Å². The van der Waals surface area contributed by atoms with Gasteiger partial charge in [0.2, 0.25) is 0 Å². The number of esters is 1. The van der Waals surface area contributed by atoms with E-state index in [4.69, 9.17) is 4.74 Å². The molecule has 0 saturated heterocycles.